The Hall–Kier alpha value is -1.10. The largest absolute Gasteiger partial charge is 0.491 e. The summed E-state index contributed by atoms with van der Waals surface area (Å²) in [6, 6.07) is 9.55. The number of hydrogen-bond acceptors (Lipinski definition) is 4. The SMILES string of the molecule is OC(CNCCOC1CCCCC1)COc1ccccc1. The number of ether oxygens (including phenoxy) is 2. The molecule has 1 unspecified atom stereocenters. The Morgan fingerprint density at radius 3 is 2.67 bits per heavy atom. The summed E-state index contributed by atoms with van der Waals surface area (Å²) in [4.78, 5) is 0. The van der Waals surface area contributed by atoms with E-state index in [2.05, 4.69) is 5.32 Å². The topological polar surface area (TPSA) is 50.7 Å². The lowest BCUT2D eigenvalue weighted by molar-refractivity contribution is 0.0283. The van der Waals surface area contributed by atoms with Gasteiger partial charge in [0.05, 0.1) is 12.7 Å². The zero-order valence-corrected chi connectivity index (χ0v) is 12.7. The predicted molar refractivity (Wildman–Crippen MR) is 83.6 cm³/mol. The molecule has 0 heterocycles. The molecule has 4 heteroatoms. The second-order valence-corrected chi connectivity index (χ2v) is 5.61. The highest BCUT2D eigenvalue weighted by Crippen LogP contribution is 2.19. The van der Waals surface area contributed by atoms with Crippen LogP contribution in [0.5, 0.6) is 5.75 Å². The van der Waals surface area contributed by atoms with E-state index in [1.807, 2.05) is 30.3 Å². The van der Waals surface area contributed by atoms with Gasteiger partial charge in [-0.15, -0.1) is 0 Å². The maximum atomic E-state index is 9.83. The molecule has 0 aliphatic heterocycles. The van der Waals surface area contributed by atoms with E-state index in [9.17, 15) is 5.11 Å². The van der Waals surface area contributed by atoms with Gasteiger partial charge in [-0.05, 0) is 25.0 Å². The number of rotatable bonds is 9. The zero-order chi connectivity index (χ0) is 14.8. The Labute approximate surface area is 127 Å². The average molecular weight is 293 g/mol. The Kier molecular flexibility index (Phi) is 7.57. The van der Waals surface area contributed by atoms with Gasteiger partial charge in [0.15, 0.2) is 0 Å². The fourth-order valence-corrected chi connectivity index (χ4v) is 2.57. The normalized spacial score (nSPS) is 17.6. The van der Waals surface area contributed by atoms with Crippen molar-refractivity contribution in [2.75, 3.05) is 26.3 Å². The number of para-hydroxylation sites is 1. The lowest BCUT2D eigenvalue weighted by Crippen LogP contribution is -2.34. The maximum Gasteiger partial charge on any atom is 0.119 e. The van der Waals surface area contributed by atoms with Gasteiger partial charge in [0.2, 0.25) is 0 Å². The fourth-order valence-electron chi connectivity index (χ4n) is 2.57. The summed E-state index contributed by atoms with van der Waals surface area (Å²) in [6.45, 7) is 2.33. The molecular weight excluding hydrogens is 266 g/mol. The average Bonchev–Trinajstić information content (AvgIpc) is 2.54. The molecule has 2 N–H and O–H groups in total. The molecule has 2 rings (SSSR count). The van der Waals surface area contributed by atoms with E-state index >= 15 is 0 Å². The van der Waals surface area contributed by atoms with Gasteiger partial charge >= 0.3 is 0 Å². The zero-order valence-electron chi connectivity index (χ0n) is 12.7. The summed E-state index contributed by atoms with van der Waals surface area (Å²) in [6.07, 6.45) is 6.31. The smallest absolute Gasteiger partial charge is 0.119 e. The van der Waals surface area contributed by atoms with Gasteiger partial charge in [-0.3, -0.25) is 0 Å². The van der Waals surface area contributed by atoms with Gasteiger partial charge < -0.3 is 19.9 Å². The van der Waals surface area contributed by atoms with Crippen LogP contribution in [0.4, 0.5) is 0 Å². The molecule has 1 aromatic carbocycles. The number of benzene rings is 1. The second-order valence-electron chi connectivity index (χ2n) is 5.61. The molecule has 1 aliphatic carbocycles. The number of aliphatic hydroxyl groups excluding tert-OH is 1. The Bertz CT molecular complexity index is 366. The van der Waals surface area contributed by atoms with Crippen molar-refractivity contribution in [1.29, 1.82) is 0 Å². The van der Waals surface area contributed by atoms with Crippen molar-refractivity contribution in [3.8, 4) is 5.75 Å². The van der Waals surface area contributed by atoms with Crippen molar-refractivity contribution in [1.82, 2.24) is 5.32 Å². The lowest BCUT2D eigenvalue weighted by Gasteiger charge is -2.22. The Balaban J connectivity index is 1.46. The summed E-state index contributed by atoms with van der Waals surface area (Å²) in [5.74, 6) is 0.789. The standard InChI is InChI=1S/C17H27NO3/c19-15(14-21-17-9-5-2-6-10-17)13-18-11-12-20-16-7-3-1-4-8-16/h2,5-6,9-10,15-16,18-19H,1,3-4,7-8,11-14H2. The molecule has 1 fully saturated rings. The van der Waals surface area contributed by atoms with Crippen molar-refractivity contribution in [3.05, 3.63) is 30.3 Å². The van der Waals surface area contributed by atoms with Gasteiger partial charge in [-0.2, -0.15) is 0 Å². The van der Waals surface area contributed by atoms with E-state index in [1.54, 1.807) is 0 Å². The van der Waals surface area contributed by atoms with Crippen LogP contribution in [0.25, 0.3) is 0 Å². The molecule has 1 saturated carbocycles. The van der Waals surface area contributed by atoms with E-state index in [0.717, 1.165) is 18.9 Å². The Morgan fingerprint density at radius 1 is 1.14 bits per heavy atom. The minimum atomic E-state index is -0.500. The molecule has 1 atom stereocenters. The summed E-state index contributed by atoms with van der Waals surface area (Å²) in [5, 5.41) is 13.0. The lowest BCUT2D eigenvalue weighted by atomic mass is 9.98. The molecule has 118 valence electrons. The predicted octanol–water partition coefficient (Wildman–Crippen LogP) is 2.37. The maximum absolute atomic E-state index is 9.83. The van der Waals surface area contributed by atoms with Gasteiger partial charge in [0.1, 0.15) is 18.5 Å². The molecule has 0 spiro atoms. The highest BCUT2D eigenvalue weighted by Gasteiger charge is 2.13. The van der Waals surface area contributed by atoms with Gasteiger partial charge in [-0.1, -0.05) is 37.5 Å². The van der Waals surface area contributed by atoms with E-state index in [1.165, 1.54) is 32.1 Å². The first-order valence-corrected chi connectivity index (χ1v) is 8.03. The van der Waals surface area contributed by atoms with Gasteiger partial charge in [0, 0.05) is 13.1 Å². The minimum absolute atomic E-state index is 0.306. The molecule has 4 nitrogen and oxygen atoms in total. The molecule has 21 heavy (non-hydrogen) atoms. The van der Waals surface area contributed by atoms with Crippen LogP contribution in [0.1, 0.15) is 32.1 Å². The minimum Gasteiger partial charge on any atom is -0.491 e. The first-order chi connectivity index (χ1) is 10.3. The van der Waals surface area contributed by atoms with Crippen LogP contribution < -0.4 is 10.1 Å². The van der Waals surface area contributed by atoms with Crippen molar-refractivity contribution in [3.63, 3.8) is 0 Å². The first kappa shape index (κ1) is 16.3. The molecule has 0 amide bonds. The number of hydrogen-bond donors (Lipinski definition) is 2. The van der Waals surface area contributed by atoms with Crippen molar-refractivity contribution >= 4 is 0 Å². The highest BCUT2D eigenvalue weighted by molar-refractivity contribution is 5.20. The van der Waals surface area contributed by atoms with Crippen LogP contribution in [0.2, 0.25) is 0 Å². The summed E-state index contributed by atoms with van der Waals surface area (Å²) in [5.41, 5.74) is 0. The fraction of sp³-hybridized carbons (Fsp3) is 0.647. The third-order valence-electron chi connectivity index (χ3n) is 3.75. The van der Waals surface area contributed by atoms with Crippen molar-refractivity contribution < 1.29 is 14.6 Å². The molecule has 1 aromatic rings. The van der Waals surface area contributed by atoms with Crippen LogP contribution in [0, 0.1) is 0 Å². The molecule has 0 radical (unpaired) electrons. The van der Waals surface area contributed by atoms with E-state index in [4.69, 9.17) is 9.47 Å². The molecular formula is C17H27NO3. The van der Waals surface area contributed by atoms with E-state index < -0.39 is 6.10 Å². The summed E-state index contributed by atoms with van der Waals surface area (Å²) < 4.78 is 11.3. The van der Waals surface area contributed by atoms with Crippen LogP contribution >= 0.6 is 0 Å². The molecule has 0 saturated heterocycles. The van der Waals surface area contributed by atoms with Gasteiger partial charge in [-0.25, -0.2) is 0 Å². The third kappa shape index (κ3) is 6.93. The summed E-state index contributed by atoms with van der Waals surface area (Å²) >= 11 is 0. The number of aliphatic hydroxyl groups is 1. The van der Waals surface area contributed by atoms with Crippen LogP contribution in [0.3, 0.4) is 0 Å². The molecule has 0 aromatic heterocycles. The van der Waals surface area contributed by atoms with E-state index in [0.29, 0.717) is 19.3 Å². The van der Waals surface area contributed by atoms with Crippen LogP contribution in [-0.2, 0) is 4.74 Å². The van der Waals surface area contributed by atoms with Crippen LogP contribution in [-0.4, -0.2) is 43.6 Å². The molecule has 0 bridgehead atoms. The van der Waals surface area contributed by atoms with Gasteiger partial charge in [0.25, 0.3) is 0 Å². The van der Waals surface area contributed by atoms with Crippen LogP contribution in [0.15, 0.2) is 30.3 Å². The quantitative estimate of drug-likeness (QED) is 0.686. The third-order valence-corrected chi connectivity index (χ3v) is 3.75. The van der Waals surface area contributed by atoms with E-state index in [-0.39, 0.29) is 0 Å². The van der Waals surface area contributed by atoms with Crippen molar-refractivity contribution in [2.24, 2.45) is 0 Å². The first-order valence-electron chi connectivity index (χ1n) is 8.03. The van der Waals surface area contributed by atoms with Crippen molar-refractivity contribution in [2.45, 2.75) is 44.3 Å². The number of nitrogens with one attached hydrogen (secondary N) is 1. The molecule has 1 aliphatic rings. The Morgan fingerprint density at radius 2 is 1.90 bits per heavy atom. The monoisotopic (exact) mass is 293 g/mol. The summed E-state index contributed by atoms with van der Waals surface area (Å²) in [7, 11) is 0. The highest BCUT2D eigenvalue weighted by atomic mass is 16.5. The second kappa shape index (κ2) is 9.77.